The van der Waals surface area contributed by atoms with Gasteiger partial charge in [0.2, 0.25) is 0 Å². The van der Waals surface area contributed by atoms with Gasteiger partial charge in [0.15, 0.2) is 0 Å². The van der Waals surface area contributed by atoms with Crippen LogP contribution in [0, 0.1) is 26.6 Å². The average molecular weight is 261 g/mol. The third-order valence-corrected chi connectivity index (χ3v) is 3.31. The molecule has 0 saturated carbocycles. The van der Waals surface area contributed by atoms with Crippen LogP contribution >= 0.6 is 0 Å². The number of rotatable bonds is 4. The van der Waals surface area contributed by atoms with Gasteiger partial charge in [0.05, 0.1) is 6.04 Å². The second kappa shape index (κ2) is 5.57. The van der Waals surface area contributed by atoms with Gasteiger partial charge in [-0.1, -0.05) is 19.1 Å². The molecule has 1 atom stereocenters. The van der Waals surface area contributed by atoms with Gasteiger partial charge in [-0.15, -0.1) is 0 Å². The van der Waals surface area contributed by atoms with E-state index in [1.54, 1.807) is 6.92 Å². The van der Waals surface area contributed by atoms with Crippen LogP contribution in [0.5, 0.6) is 0 Å². The molecule has 19 heavy (non-hydrogen) atoms. The number of aryl methyl sites for hydroxylation is 3. The van der Waals surface area contributed by atoms with Crippen LogP contribution in [0.25, 0.3) is 0 Å². The van der Waals surface area contributed by atoms with Crippen molar-refractivity contribution in [2.24, 2.45) is 0 Å². The monoisotopic (exact) mass is 261 g/mol. The fourth-order valence-corrected chi connectivity index (χ4v) is 2.40. The molecule has 1 heterocycles. The highest BCUT2D eigenvalue weighted by molar-refractivity contribution is 5.36. The van der Waals surface area contributed by atoms with Crippen molar-refractivity contribution in [1.29, 1.82) is 0 Å². The van der Waals surface area contributed by atoms with Gasteiger partial charge in [-0.3, -0.25) is 0 Å². The lowest BCUT2D eigenvalue weighted by Crippen LogP contribution is -2.22. The summed E-state index contributed by atoms with van der Waals surface area (Å²) in [7, 11) is 0. The zero-order valence-corrected chi connectivity index (χ0v) is 11.9. The van der Waals surface area contributed by atoms with Gasteiger partial charge in [0, 0.05) is 5.56 Å². The molecule has 0 spiro atoms. The van der Waals surface area contributed by atoms with Gasteiger partial charge >= 0.3 is 0 Å². The molecule has 1 aromatic heterocycles. The van der Waals surface area contributed by atoms with E-state index in [2.05, 4.69) is 12.2 Å². The van der Waals surface area contributed by atoms with Crippen molar-refractivity contribution < 1.29 is 8.81 Å². The first-order chi connectivity index (χ1) is 9.02. The van der Waals surface area contributed by atoms with Gasteiger partial charge < -0.3 is 9.73 Å². The minimum absolute atomic E-state index is 0.0433. The van der Waals surface area contributed by atoms with Crippen molar-refractivity contribution >= 4 is 0 Å². The van der Waals surface area contributed by atoms with Crippen molar-refractivity contribution in [3.05, 3.63) is 58.3 Å². The minimum atomic E-state index is -0.168. The molecular weight excluding hydrogens is 241 g/mol. The van der Waals surface area contributed by atoms with Crippen molar-refractivity contribution in [2.75, 3.05) is 6.54 Å². The Balaban J connectivity index is 2.44. The summed E-state index contributed by atoms with van der Waals surface area (Å²) in [6.45, 7) is 8.59. The minimum Gasteiger partial charge on any atom is -0.466 e. The molecule has 0 aliphatic heterocycles. The lowest BCUT2D eigenvalue weighted by molar-refractivity contribution is 0.495. The van der Waals surface area contributed by atoms with Crippen LogP contribution in [-0.4, -0.2) is 6.54 Å². The van der Waals surface area contributed by atoms with Gasteiger partial charge in [-0.05, 0) is 50.6 Å². The van der Waals surface area contributed by atoms with E-state index in [0.29, 0.717) is 5.56 Å². The Labute approximate surface area is 113 Å². The van der Waals surface area contributed by atoms with Crippen LogP contribution in [0.15, 0.2) is 28.7 Å². The van der Waals surface area contributed by atoms with Crippen molar-refractivity contribution in [3.63, 3.8) is 0 Å². The average Bonchev–Trinajstić information content (AvgIpc) is 2.69. The van der Waals surface area contributed by atoms with Crippen LogP contribution in [0.3, 0.4) is 0 Å². The topological polar surface area (TPSA) is 25.2 Å². The molecule has 1 unspecified atom stereocenters. The van der Waals surface area contributed by atoms with Gasteiger partial charge in [-0.25, -0.2) is 4.39 Å². The van der Waals surface area contributed by atoms with E-state index >= 15 is 0 Å². The second-order valence-electron chi connectivity index (χ2n) is 4.87. The third kappa shape index (κ3) is 2.87. The Kier molecular flexibility index (Phi) is 4.05. The Bertz CT molecular complexity index is 574. The van der Waals surface area contributed by atoms with Crippen LogP contribution in [0.1, 0.15) is 41.2 Å². The van der Waals surface area contributed by atoms with E-state index < -0.39 is 0 Å². The molecule has 0 bridgehead atoms. The molecule has 102 valence electrons. The van der Waals surface area contributed by atoms with Crippen LogP contribution in [0.2, 0.25) is 0 Å². The van der Waals surface area contributed by atoms with Crippen LogP contribution < -0.4 is 5.32 Å². The lowest BCUT2D eigenvalue weighted by Gasteiger charge is -2.18. The molecule has 0 aliphatic rings. The fourth-order valence-electron chi connectivity index (χ4n) is 2.40. The molecule has 1 aromatic carbocycles. The van der Waals surface area contributed by atoms with Crippen molar-refractivity contribution in [2.45, 2.75) is 33.7 Å². The van der Waals surface area contributed by atoms with E-state index in [9.17, 15) is 4.39 Å². The summed E-state index contributed by atoms with van der Waals surface area (Å²) in [6, 6.07) is 7.34. The maximum atomic E-state index is 13.4. The highest BCUT2D eigenvalue weighted by Gasteiger charge is 2.18. The maximum Gasteiger partial charge on any atom is 0.126 e. The predicted octanol–water partition coefficient (Wildman–Crippen LogP) is 4.04. The zero-order valence-electron chi connectivity index (χ0n) is 11.9. The van der Waals surface area contributed by atoms with E-state index in [1.807, 2.05) is 32.0 Å². The normalized spacial score (nSPS) is 12.7. The molecule has 2 nitrogen and oxygen atoms in total. The first-order valence-corrected chi connectivity index (χ1v) is 6.59. The molecule has 0 fully saturated rings. The number of furan rings is 1. The van der Waals surface area contributed by atoms with Crippen LogP contribution in [0.4, 0.5) is 4.39 Å². The summed E-state index contributed by atoms with van der Waals surface area (Å²) >= 11 is 0. The maximum absolute atomic E-state index is 13.4. The number of hydrogen-bond donors (Lipinski definition) is 1. The molecule has 0 amide bonds. The van der Waals surface area contributed by atoms with Crippen molar-refractivity contribution in [3.8, 4) is 0 Å². The molecule has 3 heteroatoms. The Morgan fingerprint density at radius 3 is 2.47 bits per heavy atom. The van der Waals surface area contributed by atoms with Gasteiger partial charge in [-0.2, -0.15) is 0 Å². The largest absolute Gasteiger partial charge is 0.466 e. The Morgan fingerprint density at radius 1 is 1.21 bits per heavy atom. The van der Waals surface area contributed by atoms with Gasteiger partial charge in [0.25, 0.3) is 0 Å². The summed E-state index contributed by atoms with van der Waals surface area (Å²) in [5.41, 5.74) is 2.84. The quantitative estimate of drug-likeness (QED) is 0.898. The lowest BCUT2D eigenvalue weighted by atomic mass is 9.97. The zero-order chi connectivity index (χ0) is 14.0. The van der Waals surface area contributed by atoms with E-state index in [1.165, 1.54) is 6.07 Å². The second-order valence-corrected chi connectivity index (χ2v) is 4.87. The standard InChI is InChI=1S/C16H20FNO/c1-5-18-16(14-9-11(3)19-12(14)4)13-6-7-15(17)10(2)8-13/h6-9,16,18H,5H2,1-4H3. The fraction of sp³-hybridized carbons (Fsp3) is 0.375. The highest BCUT2D eigenvalue weighted by Crippen LogP contribution is 2.28. The summed E-state index contributed by atoms with van der Waals surface area (Å²) in [4.78, 5) is 0. The predicted molar refractivity (Wildman–Crippen MR) is 74.8 cm³/mol. The molecule has 2 rings (SSSR count). The molecule has 0 aliphatic carbocycles. The third-order valence-electron chi connectivity index (χ3n) is 3.31. The van der Waals surface area contributed by atoms with E-state index in [4.69, 9.17) is 4.42 Å². The SMILES string of the molecule is CCNC(c1ccc(F)c(C)c1)c1cc(C)oc1C. The number of halogens is 1. The Morgan fingerprint density at radius 2 is 1.95 bits per heavy atom. The molecule has 0 saturated heterocycles. The van der Waals surface area contributed by atoms with Crippen molar-refractivity contribution in [1.82, 2.24) is 5.32 Å². The summed E-state index contributed by atoms with van der Waals surface area (Å²) < 4.78 is 19.0. The smallest absolute Gasteiger partial charge is 0.126 e. The first kappa shape index (κ1) is 13.8. The van der Waals surface area contributed by atoms with E-state index in [0.717, 1.165) is 29.2 Å². The molecular formula is C16H20FNO. The number of nitrogens with one attached hydrogen (secondary N) is 1. The number of hydrogen-bond acceptors (Lipinski definition) is 2. The Hall–Kier alpha value is -1.61. The summed E-state index contributed by atoms with van der Waals surface area (Å²) in [5.74, 6) is 1.64. The molecule has 0 radical (unpaired) electrons. The first-order valence-electron chi connectivity index (χ1n) is 6.59. The molecule has 2 aromatic rings. The highest BCUT2D eigenvalue weighted by atomic mass is 19.1. The summed E-state index contributed by atoms with van der Waals surface area (Å²) in [6.07, 6.45) is 0. The molecule has 1 N–H and O–H groups in total. The van der Waals surface area contributed by atoms with Gasteiger partial charge in [0.1, 0.15) is 17.3 Å². The number of benzene rings is 1. The summed E-state index contributed by atoms with van der Waals surface area (Å²) in [5, 5.41) is 3.43. The van der Waals surface area contributed by atoms with Crippen LogP contribution in [-0.2, 0) is 0 Å². The van der Waals surface area contributed by atoms with E-state index in [-0.39, 0.29) is 11.9 Å².